The number of benzene rings is 1. The minimum atomic E-state index is -0.486. The average Bonchev–Trinajstić information content (AvgIpc) is 2.46. The van der Waals surface area contributed by atoms with Gasteiger partial charge in [-0.25, -0.2) is 0 Å². The third-order valence-corrected chi connectivity index (χ3v) is 4.60. The molecule has 5 nitrogen and oxygen atoms in total. The van der Waals surface area contributed by atoms with Gasteiger partial charge in [0.15, 0.2) is 0 Å². The summed E-state index contributed by atoms with van der Waals surface area (Å²) < 4.78 is 0. The maximum absolute atomic E-state index is 11.9. The van der Waals surface area contributed by atoms with Crippen LogP contribution in [0.25, 0.3) is 0 Å². The second-order valence-corrected chi connectivity index (χ2v) is 5.88. The fourth-order valence-corrected chi connectivity index (χ4v) is 3.43. The fraction of sp³-hybridized carbons (Fsp3) is 0.286. The molecular formula is C14H14N2O3S. The van der Waals surface area contributed by atoms with Crippen molar-refractivity contribution in [2.24, 2.45) is 0 Å². The molecule has 1 fully saturated rings. The van der Waals surface area contributed by atoms with E-state index in [1.165, 1.54) is 22.9 Å². The summed E-state index contributed by atoms with van der Waals surface area (Å²) in [7, 11) is 0. The second-order valence-electron chi connectivity index (χ2n) is 4.78. The molecule has 0 aromatic heterocycles. The summed E-state index contributed by atoms with van der Waals surface area (Å²) in [5.74, 6) is 0.330. The third-order valence-electron chi connectivity index (χ3n) is 3.29. The maximum atomic E-state index is 11.9. The number of thioether (sulfide) groups is 1. The molecule has 2 amide bonds. The summed E-state index contributed by atoms with van der Waals surface area (Å²) in [6.45, 7) is 0. The topological polar surface area (TPSA) is 69.6 Å². The monoisotopic (exact) mass is 290 g/mol. The number of hydrogen-bond acceptors (Lipinski definition) is 4. The summed E-state index contributed by atoms with van der Waals surface area (Å²) in [5, 5.41) is 12.0. The number of amides is 2. The average molecular weight is 290 g/mol. The lowest BCUT2D eigenvalue weighted by Crippen LogP contribution is -2.68. The van der Waals surface area contributed by atoms with Gasteiger partial charge in [-0.2, -0.15) is 0 Å². The van der Waals surface area contributed by atoms with Crippen LogP contribution in [0.15, 0.2) is 42.3 Å². The van der Waals surface area contributed by atoms with Crippen LogP contribution in [0.1, 0.15) is 5.56 Å². The zero-order chi connectivity index (χ0) is 14.1. The Hall–Kier alpha value is -1.95. The molecule has 2 aliphatic heterocycles. The standard InChI is InChI=1S/C14H14N2O3S/c17-10-7-16-13(19)12(14(16)20-8-10)15-11(18)6-9-4-2-1-3-5-9/h1-5,7,12,14,17H,6,8H2,(H,15,18)/t12?,14-/m1/s1. The maximum Gasteiger partial charge on any atom is 0.253 e. The summed E-state index contributed by atoms with van der Waals surface area (Å²) in [5.41, 5.74) is 0.919. The highest BCUT2D eigenvalue weighted by atomic mass is 32.2. The molecule has 0 bridgehead atoms. The van der Waals surface area contributed by atoms with Crippen molar-refractivity contribution in [3.05, 3.63) is 47.9 Å². The molecule has 0 radical (unpaired) electrons. The van der Waals surface area contributed by atoms with E-state index < -0.39 is 6.04 Å². The highest BCUT2D eigenvalue weighted by Crippen LogP contribution is 2.35. The van der Waals surface area contributed by atoms with Gasteiger partial charge >= 0.3 is 0 Å². The lowest BCUT2D eigenvalue weighted by Gasteiger charge is -2.46. The van der Waals surface area contributed by atoms with Crippen molar-refractivity contribution in [1.82, 2.24) is 10.2 Å². The van der Waals surface area contributed by atoms with E-state index in [2.05, 4.69) is 5.32 Å². The van der Waals surface area contributed by atoms with Crippen LogP contribution in [0.3, 0.4) is 0 Å². The third kappa shape index (κ3) is 2.38. The van der Waals surface area contributed by atoms with Crippen LogP contribution in [0.5, 0.6) is 0 Å². The van der Waals surface area contributed by atoms with Gasteiger partial charge in [-0.05, 0) is 5.56 Å². The number of fused-ring (bicyclic) bond motifs is 1. The van der Waals surface area contributed by atoms with Crippen molar-refractivity contribution < 1.29 is 14.7 Å². The van der Waals surface area contributed by atoms with Gasteiger partial charge in [0.25, 0.3) is 5.91 Å². The Bertz CT molecular complexity index is 573. The van der Waals surface area contributed by atoms with Crippen molar-refractivity contribution in [3.8, 4) is 0 Å². The number of hydrogen-bond donors (Lipinski definition) is 2. The quantitative estimate of drug-likeness (QED) is 0.816. The van der Waals surface area contributed by atoms with E-state index in [9.17, 15) is 14.7 Å². The van der Waals surface area contributed by atoms with Crippen molar-refractivity contribution in [2.75, 3.05) is 5.75 Å². The van der Waals surface area contributed by atoms with Crippen LogP contribution in [0, 0.1) is 0 Å². The van der Waals surface area contributed by atoms with Gasteiger partial charge in [-0.1, -0.05) is 30.3 Å². The Labute approximate surface area is 120 Å². The van der Waals surface area contributed by atoms with E-state index in [4.69, 9.17) is 0 Å². The van der Waals surface area contributed by atoms with Crippen LogP contribution in [-0.2, 0) is 16.0 Å². The predicted molar refractivity (Wildman–Crippen MR) is 75.9 cm³/mol. The SMILES string of the molecule is O=C(Cc1ccccc1)NC1C(=O)N2C=C(O)CS[C@H]12. The smallest absolute Gasteiger partial charge is 0.253 e. The molecule has 1 aromatic carbocycles. The van der Waals surface area contributed by atoms with Gasteiger partial charge in [-0.3, -0.25) is 14.5 Å². The molecule has 3 rings (SSSR count). The van der Waals surface area contributed by atoms with Gasteiger partial charge in [0, 0.05) is 6.20 Å². The van der Waals surface area contributed by atoms with Crippen molar-refractivity contribution in [1.29, 1.82) is 0 Å². The molecule has 0 spiro atoms. The molecular weight excluding hydrogens is 276 g/mol. The van der Waals surface area contributed by atoms with Crippen molar-refractivity contribution in [3.63, 3.8) is 0 Å². The van der Waals surface area contributed by atoms with Gasteiger partial charge in [0.2, 0.25) is 5.91 Å². The van der Waals surface area contributed by atoms with Crippen molar-refractivity contribution >= 4 is 23.6 Å². The number of aliphatic hydroxyl groups excluding tert-OH is 1. The minimum absolute atomic E-state index is 0.0990. The molecule has 1 unspecified atom stereocenters. The number of rotatable bonds is 3. The predicted octanol–water partition coefficient (Wildman–Crippen LogP) is 1.03. The first-order chi connectivity index (χ1) is 9.65. The summed E-state index contributed by atoms with van der Waals surface area (Å²) >= 11 is 1.45. The first-order valence-corrected chi connectivity index (χ1v) is 7.37. The molecule has 2 N–H and O–H groups in total. The largest absolute Gasteiger partial charge is 0.510 e. The normalized spacial score (nSPS) is 24.5. The fourth-order valence-electron chi connectivity index (χ4n) is 2.31. The molecule has 1 saturated heterocycles. The first-order valence-electron chi connectivity index (χ1n) is 6.32. The van der Waals surface area contributed by atoms with E-state index in [1.807, 2.05) is 30.3 Å². The Morgan fingerprint density at radius 3 is 2.90 bits per heavy atom. The number of β-lactam (4-membered cyclic amide) rings is 1. The van der Waals surface area contributed by atoms with Gasteiger partial charge in [0.05, 0.1) is 12.2 Å². The summed E-state index contributed by atoms with van der Waals surface area (Å²) in [4.78, 5) is 25.3. The lowest BCUT2D eigenvalue weighted by molar-refractivity contribution is -0.144. The Morgan fingerprint density at radius 1 is 1.40 bits per heavy atom. The van der Waals surface area contributed by atoms with E-state index >= 15 is 0 Å². The molecule has 2 heterocycles. The van der Waals surface area contributed by atoms with E-state index in [0.717, 1.165) is 5.56 Å². The second kappa shape index (κ2) is 5.20. The zero-order valence-electron chi connectivity index (χ0n) is 10.7. The molecule has 20 heavy (non-hydrogen) atoms. The summed E-state index contributed by atoms with van der Waals surface area (Å²) in [6.07, 6.45) is 1.71. The molecule has 1 aromatic rings. The Kier molecular flexibility index (Phi) is 3.40. The molecule has 6 heteroatoms. The molecule has 2 atom stereocenters. The number of aliphatic hydroxyl groups is 1. The van der Waals surface area contributed by atoms with E-state index in [1.54, 1.807) is 0 Å². The van der Waals surface area contributed by atoms with Gasteiger partial charge in [0.1, 0.15) is 17.2 Å². The first kappa shape index (κ1) is 13.1. The highest BCUT2D eigenvalue weighted by molar-refractivity contribution is 8.00. The van der Waals surface area contributed by atoms with Gasteiger partial charge < -0.3 is 10.4 Å². The Morgan fingerprint density at radius 2 is 2.15 bits per heavy atom. The number of nitrogens with one attached hydrogen (secondary N) is 1. The van der Waals surface area contributed by atoms with Crippen LogP contribution in [0.4, 0.5) is 0 Å². The molecule has 0 saturated carbocycles. The minimum Gasteiger partial charge on any atom is -0.510 e. The highest BCUT2D eigenvalue weighted by Gasteiger charge is 2.49. The molecule has 2 aliphatic rings. The zero-order valence-corrected chi connectivity index (χ0v) is 11.5. The molecule has 104 valence electrons. The summed E-state index contributed by atoms with van der Waals surface area (Å²) in [6, 6.07) is 8.93. The number of carbonyl (C=O) groups excluding carboxylic acids is 2. The van der Waals surface area contributed by atoms with E-state index in [-0.39, 0.29) is 29.4 Å². The van der Waals surface area contributed by atoms with Crippen LogP contribution < -0.4 is 5.32 Å². The Balaban J connectivity index is 1.59. The number of carbonyl (C=O) groups is 2. The lowest BCUT2D eigenvalue weighted by atomic mass is 10.1. The van der Waals surface area contributed by atoms with Crippen LogP contribution >= 0.6 is 11.8 Å². The van der Waals surface area contributed by atoms with E-state index in [0.29, 0.717) is 5.75 Å². The van der Waals surface area contributed by atoms with Gasteiger partial charge in [-0.15, -0.1) is 11.8 Å². The van der Waals surface area contributed by atoms with Crippen LogP contribution in [-0.4, -0.2) is 39.0 Å². The molecule has 0 aliphatic carbocycles. The van der Waals surface area contributed by atoms with Crippen LogP contribution in [0.2, 0.25) is 0 Å². The van der Waals surface area contributed by atoms with Crippen molar-refractivity contribution in [2.45, 2.75) is 17.8 Å². The number of nitrogens with zero attached hydrogens (tertiary/aromatic N) is 1.